The van der Waals surface area contributed by atoms with Crippen LogP contribution in [0, 0.1) is 41.4 Å². The van der Waals surface area contributed by atoms with Crippen LogP contribution in [0.5, 0.6) is 0 Å². The molecule has 0 radical (unpaired) electrons. The summed E-state index contributed by atoms with van der Waals surface area (Å²) in [6, 6.07) is 0. The molecule has 0 nitrogen and oxygen atoms in total. The molecule has 0 aromatic heterocycles. The van der Waals surface area contributed by atoms with E-state index in [1.807, 2.05) is 0 Å². The van der Waals surface area contributed by atoms with Crippen LogP contribution in [0.2, 0.25) is 0 Å². The summed E-state index contributed by atoms with van der Waals surface area (Å²) in [5, 5.41) is 0. The Morgan fingerprint density at radius 3 is 2.17 bits per heavy atom. The standard InChI is InChI=1S/C30H48/c1-21(19-29-22(2)15-16-23(29)3)13-14-24(4)30-20-27-11-6-5-9-25(27)17-18-26-10-7-8-12-28(26)30/h24-30H,1-3,5-20H2,4H3. The summed E-state index contributed by atoms with van der Waals surface area (Å²) in [5.41, 5.74) is 4.27. The molecule has 0 amide bonds. The monoisotopic (exact) mass is 408 g/mol. The van der Waals surface area contributed by atoms with Crippen LogP contribution in [-0.4, -0.2) is 0 Å². The van der Waals surface area contributed by atoms with Gasteiger partial charge in [0.15, 0.2) is 0 Å². The highest BCUT2D eigenvalue weighted by atomic mass is 14.5. The lowest BCUT2D eigenvalue weighted by atomic mass is 9.59. The van der Waals surface area contributed by atoms with Crippen molar-refractivity contribution >= 4 is 0 Å². The summed E-state index contributed by atoms with van der Waals surface area (Å²) in [5.74, 6) is 6.54. The first-order valence-corrected chi connectivity index (χ1v) is 13.5. The number of hydrogen-bond donors (Lipinski definition) is 0. The molecule has 4 rings (SSSR count). The quantitative estimate of drug-likeness (QED) is 0.384. The summed E-state index contributed by atoms with van der Waals surface area (Å²) < 4.78 is 0. The molecule has 4 fully saturated rings. The molecule has 0 bridgehead atoms. The van der Waals surface area contributed by atoms with Gasteiger partial charge in [-0.25, -0.2) is 0 Å². The maximum Gasteiger partial charge on any atom is 0.00388 e. The SMILES string of the molecule is C=C(CCC(C)C1CC2CCCCC2CCC2CCCCC21)CC1C(=C)CCC1=C. The van der Waals surface area contributed by atoms with Crippen LogP contribution < -0.4 is 0 Å². The predicted octanol–water partition coefficient (Wildman–Crippen LogP) is 9.28. The molecule has 0 heteroatoms. The van der Waals surface area contributed by atoms with Crippen LogP contribution in [0.3, 0.4) is 0 Å². The maximum absolute atomic E-state index is 4.50. The van der Waals surface area contributed by atoms with Gasteiger partial charge >= 0.3 is 0 Å². The van der Waals surface area contributed by atoms with Crippen molar-refractivity contribution in [3.05, 3.63) is 36.5 Å². The second-order valence-corrected chi connectivity index (χ2v) is 11.8. The lowest BCUT2D eigenvalue weighted by Gasteiger charge is -2.46. The minimum absolute atomic E-state index is 0.528. The van der Waals surface area contributed by atoms with Gasteiger partial charge in [-0.05, 0) is 93.3 Å². The number of rotatable bonds is 6. The van der Waals surface area contributed by atoms with Crippen molar-refractivity contribution in [1.82, 2.24) is 0 Å². The third kappa shape index (κ3) is 5.16. The van der Waals surface area contributed by atoms with Crippen molar-refractivity contribution < 1.29 is 0 Å². The minimum atomic E-state index is 0.528. The van der Waals surface area contributed by atoms with Gasteiger partial charge in [-0.1, -0.05) is 88.3 Å². The summed E-state index contributed by atoms with van der Waals surface area (Å²) in [4.78, 5) is 0. The third-order valence-electron chi connectivity index (χ3n) is 10.00. The molecule has 4 aliphatic rings. The smallest absolute Gasteiger partial charge is 0.00388 e. The molecule has 6 atom stereocenters. The first-order valence-electron chi connectivity index (χ1n) is 13.5. The molecule has 4 aliphatic carbocycles. The lowest BCUT2D eigenvalue weighted by molar-refractivity contribution is 0.0389. The molecule has 0 aromatic rings. The molecular formula is C30H48. The highest BCUT2D eigenvalue weighted by molar-refractivity contribution is 5.26. The molecule has 0 aliphatic heterocycles. The van der Waals surface area contributed by atoms with E-state index in [4.69, 9.17) is 0 Å². The van der Waals surface area contributed by atoms with Gasteiger partial charge in [0.05, 0.1) is 0 Å². The van der Waals surface area contributed by atoms with Gasteiger partial charge < -0.3 is 0 Å². The van der Waals surface area contributed by atoms with E-state index in [9.17, 15) is 0 Å². The Hall–Kier alpha value is -0.780. The molecule has 0 saturated heterocycles. The number of hydrogen-bond acceptors (Lipinski definition) is 0. The van der Waals surface area contributed by atoms with Gasteiger partial charge in [-0.3, -0.25) is 0 Å². The minimum Gasteiger partial charge on any atom is -0.0998 e. The summed E-state index contributed by atoms with van der Waals surface area (Å²) in [7, 11) is 0. The highest BCUT2D eigenvalue weighted by Crippen LogP contribution is 2.50. The molecule has 168 valence electrons. The van der Waals surface area contributed by atoms with Crippen LogP contribution >= 0.6 is 0 Å². The topological polar surface area (TPSA) is 0 Å². The summed E-state index contributed by atoms with van der Waals surface area (Å²) in [6.07, 6.45) is 22.8. The Kier molecular flexibility index (Phi) is 7.64. The highest BCUT2D eigenvalue weighted by Gasteiger charge is 2.40. The van der Waals surface area contributed by atoms with E-state index < -0.39 is 0 Å². The Labute approximate surface area is 187 Å². The fourth-order valence-corrected chi connectivity index (χ4v) is 8.02. The molecule has 4 saturated carbocycles. The largest absolute Gasteiger partial charge is 0.0998 e. The molecule has 0 spiro atoms. The molecule has 30 heavy (non-hydrogen) atoms. The van der Waals surface area contributed by atoms with Crippen LogP contribution in [0.1, 0.15) is 110 Å². The predicted molar refractivity (Wildman–Crippen MR) is 131 cm³/mol. The van der Waals surface area contributed by atoms with Crippen LogP contribution in [0.15, 0.2) is 36.5 Å². The molecule has 0 N–H and O–H groups in total. The maximum atomic E-state index is 4.50. The van der Waals surface area contributed by atoms with E-state index >= 15 is 0 Å². The van der Waals surface area contributed by atoms with Crippen molar-refractivity contribution in [3.63, 3.8) is 0 Å². The van der Waals surface area contributed by atoms with Crippen LogP contribution in [0.4, 0.5) is 0 Å². The summed E-state index contributed by atoms with van der Waals surface area (Å²) in [6.45, 7) is 15.7. The van der Waals surface area contributed by atoms with E-state index in [0.717, 1.165) is 54.8 Å². The molecule has 0 aromatic carbocycles. The van der Waals surface area contributed by atoms with Crippen molar-refractivity contribution in [3.8, 4) is 0 Å². The lowest BCUT2D eigenvalue weighted by Crippen LogP contribution is -2.37. The van der Waals surface area contributed by atoms with Crippen molar-refractivity contribution in [1.29, 1.82) is 0 Å². The first kappa shape index (κ1) is 22.4. The van der Waals surface area contributed by atoms with Gasteiger partial charge in [0, 0.05) is 5.92 Å². The van der Waals surface area contributed by atoms with Gasteiger partial charge in [0.1, 0.15) is 0 Å². The number of fused-ring (bicyclic) bond motifs is 2. The fraction of sp³-hybridized carbons (Fsp3) is 0.800. The van der Waals surface area contributed by atoms with Gasteiger partial charge in [0.25, 0.3) is 0 Å². The van der Waals surface area contributed by atoms with E-state index in [1.165, 1.54) is 80.9 Å². The van der Waals surface area contributed by atoms with Crippen molar-refractivity contribution in [2.75, 3.05) is 0 Å². The zero-order valence-electron chi connectivity index (χ0n) is 20.0. The van der Waals surface area contributed by atoms with E-state index in [2.05, 4.69) is 26.7 Å². The first-order chi connectivity index (χ1) is 14.5. The average molecular weight is 409 g/mol. The van der Waals surface area contributed by atoms with Crippen molar-refractivity contribution in [2.45, 2.75) is 110 Å². The third-order valence-corrected chi connectivity index (χ3v) is 10.00. The van der Waals surface area contributed by atoms with Crippen LogP contribution in [-0.2, 0) is 0 Å². The summed E-state index contributed by atoms with van der Waals surface area (Å²) >= 11 is 0. The Bertz CT molecular complexity index is 606. The molecular weight excluding hydrogens is 360 g/mol. The normalized spacial score (nSPS) is 36.5. The Morgan fingerprint density at radius 1 is 0.833 bits per heavy atom. The van der Waals surface area contributed by atoms with Crippen molar-refractivity contribution in [2.24, 2.45) is 41.4 Å². The van der Waals surface area contributed by atoms with Gasteiger partial charge in [-0.15, -0.1) is 0 Å². The van der Waals surface area contributed by atoms with E-state index in [-0.39, 0.29) is 0 Å². The Morgan fingerprint density at radius 2 is 1.43 bits per heavy atom. The Balaban J connectivity index is 1.38. The van der Waals surface area contributed by atoms with E-state index in [0.29, 0.717) is 5.92 Å². The second kappa shape index (κ2) is 10.2. The fourth-order valence-electron chi connectivity index (χ4n) is 8.02. The van der Waals surface area contributed by atoms with Gasteiger partial charge in [0.2, 0.25) is 0 Å². The molecule has 6 unspecified atom stereocenters. The zero-order chi connectivity index (χ0) is 21.1. The molecule has 0 heterocycles. The van der Waals surface area contributed by atoms with Gasteiger partial charge in [-0.2, -0.15) is 0 Å². The van der Waals surface area contributed by atoms with Crippen LogP contribution in [0.25, 0.3) is 0 Å². The zero-order valence-corrected chi connectivity index (χ0v) is 20.0. The number of allylic oxidation sites excluding steroid dienone is 3. The van der Waals surface area contributed by atoms with E-state index in [1.54, 1.807) is 19.3 Å². The average Bonchev–Trinajstić information content (AvgIpc) is 3.05. The second-order valence-electron chi connectivity index (χ2n) is 11.8.